The molecule has 130 valence electrons. The summed E-state index contributed by atoms with van der Waals surface area (Å²) in [5.74, 6) is -0.566. The number of ether oxygens (including phenoxy) is 1. The summed E-state index contributed by atoms with van der Waals surface area (Å²) in [6.07, 6.45) is -1.04. The Morgan fingerprint density at radius 2 is 1.96 bits per heavy atom. The normalized spacial score (nSPS) is 13.0. The summed E-state index contributed by atoms with van der Waals surface area (Å²) < 4.78 is 7.34. The molecule has 0 fully saturated rings. The zero-order chi connectivity index (χ0) is 18.1. The molecular formula is C17H20BrClN2O3. The minimum Gasteiger partial charge on any atom is -0.461 e. The van der Waals surface area contributed by atoms with Crippen molar-refractivity contribution in [3.05, 3.63) is 51.0 Å². The van der Waals surface area contributed by atoms with Crippen LogP contribution in [0, 0.1) is 0 Å². The fraction of sp³-hybridized carbons (Fsp3) is 0.412. The van der Waals surface area contributed by atoms with Crippen molar-refractivity contribution in [2.45, 2.75) is 39.3 Å². The van der Waals surface area contributed by atoms with Gasteiger partial charge in [-0.2, -0.15) is 0 Å². The van der Waals surface area contributed by atoms with Gasteiger partial charge < -0.3 is 14.4 Å². The molecular weight excluding hydrogens is 396 g/mol. The highest BCUT2D eigenvalue weighted by Crippen LogP contribution is 2.34. The lowest BCUT2D eigenvalue weighted by molar-refractivity contribution is 0.0513. The fourth-order valence-electron chi connectivity index (χ4n) is 2.45. The van der Waals surface area contributed by atoms with Crippen molar-refractivity contribution >= 4 is 33.5 Å². The van der Waals surface area contributed by atoms with Crippen LogP contribution in [0.1, 0.15) is 55.5 Å². The number of aromatic nitrogens is 2. The molecule has 1 N–H and O–H groups in total. The number of imidazole rings is 1. The number of halogens is 2. The first-order valence-electron chi connectivity index (χ1n) is 7.56. The predicted molar refractivity (Wildman–Crippen MR) is 96.4 cm³/mol. The molecule has 0 radical (unpaired) electrons. The minimum absolute atomic E-state index is 0.0982. The third-order valence-corrected chi connectivity index (χ3v) is 4.24. The highest BCUT2D eigenvalue weighted by molar-refractivity contribution is 9.10. The zero-order valence-electron chi connectivity index (χ0n) is 14.0. The van der Waals surface area contributed by atoms with Crippen LogP contribution in [-0.4, -0.2) is 27.2 Å². The third kappa shape index (κ3) is 3.82. The maximum atomic E-state index is 12.3. The van der Waals surface area contributed by atoms with Crippen LogP contribution in [0.15, 0.2) is 29.0 Å². The highest BCUT2D eigenvalue weighted by atomic mass is 79.9. The summed E-state index contributed by atoms with van der Waals surface area (Å²) in [4.78, 5) is 16.6. The molecule has 0 aliphatic carbocycles. The standard InChI is InChI=1S/C17H20BrClN2O3/c1-5-24-15(23)12-13(21(16(18)20-12)17(2,3)4)14(22)10-6-8-11(19)9-7-10/h6-9,14,22H,5H2,1-4H3. The van der Waals surface area contributed by atoms with E-state index in [4.69, 9.17) is 16.3 Å². The Hall–Kier alpha value is -1.37. The summed E-state index contributed by atoms with van der Waals surface area (Å²) in [6, 6.07) is 6.82. The summed E-state index contributed by atoms with van der Waals surface area (Å²) in [6.45, 7) is 7.85. The maximum absolute atomic E-state index is 12.3. The number of carbonyl (C=O) groups excluding carboxylic acids is 1. The average molecular weight is 416 g/mol. The molecule has 0 spiro atoms. The quantitative estimate of drug-likeness (QED) is 0.756. The van der Waals surface area contributed by atoms with Crippen LogP contribution < -0.4 is 0 Å². The number of rotatable bonds is 4. The monoisotopic (exact) mass is 414 g/mol. The Balaban J connectivity index is 2.64. The molecule has 1 aromatic carbocycles. The molecule has 7 heteroatoms. The van der Waals surface area contributed by atoms with Crippen molar-refractivity contribution in [2.24, 2.45) is 0 Å². The fourth-order valence-corrected chi connectivity index (χ4v) is 3.47. The van der Waals surface area contributed by atoms with Crippen LogP contribution in [0.4, 0.5) is 0 Å². The van der Waals surface area contributed by atoms with Gasteiger partial charge in [0.25, 0.3) is 0 Å². The number of nitrogens with zero attached hydrogens (tertiary/aromatic N) is 2. The lowest BCUT2D eigenvalue weighted by atomic mass is 10.0. The molecule has 1 heterocycles. The molecule has 0 saturated carbocycles. The molecule has 1 unspecified atom stereocenters. The minimum atomic E-state index is -1.04. The molecule has 0 bridgehead atoms. The molecule has 5 nitrogen and oxygen atoms in total. The first-order chi connectivity index (χ1) is 11.2. The molecule has 2 aromatic rings. The topological polar surface area (TPSA) is 64.3 Å². The van der Waals surface area contributed by atoms with Crippen LogP contribution in [0.2, 0.25) is 5.02 Å². The van der Waals surface area contributed by atoms with Gasteiger partial charge in [-0.25, -0.2) is 9.78 Å². The van der Waals surface area contributed by atoms with E-state index in [0.29, 0.717) is 21.0 Å². The van der Waals surface area contributed by atoms with Gasteiger partial charge in [0.2, 0.25) is 0 Å². The van der Waals surface area contributed by atoms with Gasteiger partial charge in [-0.1, -0.05) is 23.7 Å². The highest BCUT2D eigenvalue weighted by Gasteiger charge is 2.32. The number of aliphatic hydroxyl groups is 1. The van der Waals surface area contributed by atoms with Crippen LogP contribution in [0.5, 0.6) is 0 Å². The van der Waals surface area contributed by atoms with Crippen molar-refractivity contribution in [1.82, 2.24) is 9.55 Å². The first-order valence-corrected chi connectivity index (χ1v) is 8.73. The van der Waals surface area contributed by atoms with E-state index in [9.17, 15) is 9.90 Å². The molecule has 0 amide bonds. The van der Waals surface area contributed by atoms with Crippen LogP contribution >= 0.6 is 27.5 Å². The molecule has 0 saturated heterocycles. The van der Waals surface area contributed by atoms with Crippen molar-refractivity contribution < 1.29 is 14.6 Å². The van der Waals surface area contributed by atoms with Crippen molar-refractivity contribution in [3.8, 4) is 0 Å². The second kappa shape index (κ2) is 7.25. The van der Waals surface area contributed by atoms with Gasteiger partial charge in [-0.15, -0.1) is 0 Å². The lowest BCUT2D eigenvalue weighted by Crippen LogP contribution is -2.27. The summed E-state index contributed by atoms with van der Waals surface area (Å²) in [5, 5.41) is 11.5. The van der Waals surface area contributed by atoms with Crippen LogP contribution in [-0.2, 0) is 10.3 Å². The SMILES string of the molecule is CCOC(=O)c1nc(Br)n(C(C)(C)C)c1C(O)c1ccc(Cl)cc1. The van der Waals surface area contributed by atoms with Gasteiger partial charge in [0.05, 0.1) is 12.3 Å². The first kappa shape index (κ1) is 19.0. The summed E-state index contributed by atoms with van der Waals surface area (Å²) >= 11 is 9.30. The van der Waals surface area contributed by atoms with Crippen LogP contribution in [0.3, 0.4) is 0 Å². The van der Waals surface area contributed by atoms with Gasteiger partial charge in [-0.05, 0) is 61.3 Å². The van der Waals surface area contributed by atoms with E-state index >= 15 is 0 Å². The number of carbonyl (C=O) groups is 1. The van der Waals surface area contributed by atoms with Gasteiger partial charge >= 0.3 is 5.97 Å². The molecule has 1 aromatic heterocycles. The van der Waals surface area contributed by atoms with E-state index in [2.05, 4.69) is 20.9 Å². The van der Waals surface area contributed by atoms with Crippen molar-refractivity contribution in [2.75, 3.05) is 6.61 Å². The second-order valence-electron chi connectivity index (χ2n) is 6.30. The molecule has 0 aliphatic rings. The average Bonchev–Trinajstić information content (AvgIpc) is 2.85. The Labute approximate surface area is 154 Å². The van der Waals surface area contributed by atoms with E-state index in [1.54, 1.807) is 35.8 Å². The van der Waals surface area contributed by atoms with E-state index < -0.39 is 17.6 Å². The Kier molecular flexibility index (Phi) is 5.73. The zero-order valence-corrected chi connectivity index (χ0v) is 16.3. The van der Waals surface area contributed by atoms with Crippen LogP contribution in [0.25, 0.3) is 0 Å². The van der Waals surface area contributed by atoms with Crippen molar-refractivity contribution in [3.63, 3.8) is 0 Å². The van der Waals surface area contributed by atoms with E-state index in [0.717, 1.165) is 0 Å². The third-order valence-electron chi connectivity index (χ3n) is 3.46. The smallest absolute Gasteiger partial charge is 0.358 e. The molecule has 2 rings (SSSR count). The number of esters is 1. The number of hydrogen-bond donors (Lipinski definition) is 1. The summed E-state index contributed by atoms with van der Waals surface area (Å²) in [7, 11) is 0. The summed E-state index contributed by atoms with van der Waals surface area (Å²) in [5.41, 5.74) is 0.693. The van der Waals surface area contributed by atoms with Gasteiger partial charge in [0, 0.05) is 10.6 Å². The maximum Gasteiger partial charge on any atom is 0.358 e. The largest absolute Gasteiger partial charge is 0.461 e. The second-order valence-corrected chi connectivity index (χ2v) is 7.44. The van der Waals surface area contributed by atoms with E-state index in [1.807, 2.05) is 20.8 Å². The van der Waals surface area contributed by atoms with Gasteiger partial charge in [0.1, 0.15) is 6.10 Å². The predicted octanol–water partition coefficient (Wildman–Crippen LogP) is 4.31. The molecule has 0 aliphatic heterocycles. The number of aliphatic hydroxyl groups excluding tert-OH is 1. The number of hydrogen-bond acceptors (Lipinski definition) is 4. The van der Waals surface area contributed by atoms with E-state index in [-0.39, 0.29) is 12.3 Å². The Morgan fingerprint density at radius 1 is 1.38 bits per heavy atom. The van der Waals surface area contributed by atoms with E-state index in [1.165, 1.54) is 0 Å². The van der Waals surface area contributed by atoms with Gasteiger partial charge in [0.15, 0.2) is 10.4 Å². The van der Waals surface area contributed by atoms with Gasteiger partial charge in [-0.3, -0.25) is 0 Å². The Bertz CT molecular complexity index is 736. The molecule has 24 heavy (non-hydrogen) atoms. The molecule has 1 atom stereocenters. The number of benzene rings is 1. The van der Waals surface area contributed by atoms with Crippen molar-refractivity contribution in [1.29, 1.82) is 0 Å². The Morgan fingerprint density at radius 3 is 2.46 bits per heavy atom. The lowest BCUT2D eigenvalue weighted by Gasteiger charge is -2.27.